The van der Waals surface area contributed by atoms with Crippen molar-refractivity contribution in [3.8, 4) is 5.69 Å². The van der Waals surface area contributed by atoms with Gasteiger partial charge in [-0.05, 0) is 48.2 Å². The molecule has 1 amide bonds. The van der Waals surface area contributed by atoms with Gasteiger partial charge in [-0.15, -0.1) is 0 Å². The summed E-state index contributed by atoms with van der Waals surface area (Å²) in [5.41, 5.74) is 1.43. The first-order chi connectivity index (χ1) is 16.4. The molecule has 180 valence electrons. The molecule has 1 aromatic heterocycles. The smallest absolute Gasteiger partial charge is 0.379 e. The fraction of sp³-hybridized carbons (Fsp3) is 0.333. The number of hydrogen-bond acceptors (Lipinski definition) is 5. The second-order valence-electron chi connectivity index (χ2n) is 7.82. The summed E-state index contributed by atoms with van der Waals surface area (Å²) in [6, 6.07) is 12.1. The third-order valence-electron chi connectivity index (χ3n) is 5.76. The van der Waals surface area contributed by atoms with Crippen LogP contribution in [0.15, 0.2) is 66.1 Å². The second kappa shape index (κ2) is 10.6. The predicted molar refractivity (Wildman–Crippen MR) is 124 cm³/mol. The van der Waals surface area contributed by atoms with Gasteiger partial charge >= 0.3 is 6.18 Å². The highest BCUT2D eigenvalue weighted by atomic mass is 32.2. The number of alkyl halides is 3. The Morgan fingerprint density at radius 1 is 1.12 bits per heavy atom. The maximum absolute atomic E-state index is 13.0. The number of carbonyl (C=O) groups excluding carboxylic acids is 1. The van der Waals surface area contributed by atoms with Crippen molar-refractivity contribution in [2.45, 2.75) is 17.4 Å². The van der Waals surface area contributed by atoms with Crippen molar-refractivity contribution in [1.29, 1.82) is 0 Å². The van der Waals surface area contributed by atoms with Crippen LogP contribution in [0.25, 0.3) is 5.69 Å². The van der Waals surface area contributed by atoms with E-state index in [9.17, 15) is 18.0 Å². The molecular formula is C24H25F3N4O2S. The minimum Gasteiger partial charge on any atom is -0.379 e. The van der Waals surface area contributed by atoms with Gasteiger partial charge in [0.25, 0.3) is 5.91 Å². The molecule has 1 N–H and O–H groups in total. The zero-order chi connectivity index (χ0) is 24.1. The summed E-state index contributed by atoms with van der Waals surface area (Å²) in [7, 11) is 0. The van der Waals surface area contributed by atoms with Crippen LogP contribution < -0.4 is 5.32 Å². The van der Waals surface area contributed by atoms with Gasteiger partial charge in [0.2, 0.25) is 0 Å². The summed E-state index contributed by atoms with van der Waals surface area (Å²) in [5.74, 6) is -0.243. The molecule has 1 unspecified atom stereocenters. The summed E-state index contributed by atoms with van der Waals surface area (Å²) in [6.45, 7) is 2.62. The molecular weight excluding hydrogens is 465 g/mol. The summed E-state index contributed by atoms with van der Waals surface area (Å²) in [6.07, 6.45) is 1.14. The van der Waals surface area contributed by atoms with E-state index in [1.165, 1.54) is 23.9 Å². The van der Waals surface area contributed by atoms with Crippen LogP contribution in [0.1, 0.15) is 27.5 Å². The Balaban J connectivity index is 1.47. The van der Waals surface area contributed by atoms with Crippen LogP contribution >= 0.6 is 11.8 Å². The monoisotopic (exact) mass is 490 g/mol. The number of morpholine rings is 1. The predicted octanol–water partition coefficient (Wildman–Crippen LogP) is 4.42. The molecule has 6 nitrogen and oxygen atoms in total. The van der Waals surface area contributed by atoms with E-state index >= 15 is 0 Å². The maximum atomic E-state index is 13.0. The summed E-state index contributed by atoms with van der Waals surface area (Å²) in [4.78, 5) is 19.2. The number of hydrogen-bond donors (Lipinski definition) is 1. The first kappa shape index (κ1) is 24.3. The Hall–Kier alpha value is -2.82. The molecule has 2 aromatic carbocycles. The lowest BCUT2D eigenvalue weighted by molar-refractivity contribution is -0.137. The van der Waals surface area contributed by atoms with Gasteiger partial charge in [0.15, 0.2) is 5.16 Å². The molecule has 3 aromatic rings. The average molecular weight is 491 g/mol. The third kappa shape index (κ3) is 5.63. The van der Waals surface area contributed by atoms with Gasteiger partial charge in [0.1, 0.15) is 0 Å². The van der Waals surface area contributed by atoms with Crippen LogP contribution in [0.5, 0.6) is 0 Å². The van der Waals surface area contributed by atoms with Gasteiger partial charge in [0.05, 0.1) is 24.8 Å². The topological polar surface area (TPSA) is 59.4 Å². The minimum absolute atomic E-state index is 0.243. The van der Waals surface area contributed by atoms with E-state index in [0.29, 0.717) is 31.9 Å². The lowest BCUT2D eigenvalue weighted by Gasteiger charge is -2.35. The van der Waals surface area contributed by atoms with Gasteiger partial charge < -0.3 is 10.1 Å². The summed E-state index contributed by atoms with van der Waals surface area (Å²) >= 11 is 1.53. The molecule has 1 fully saturated rings. The highest BCUT2D eigenvalue weighted by Gasteiger charge is 2.31. The van der Waals surface area contributed by atoms with E-state index in [-0.39, 0.29) is 18.5 Å². The number of amides is 1. The van der Waals surface area contributed by atoms with E-state index in [2.05, 4.69) is 15.2 Å². The number of thioether (sulfide) groups is 1. The Kier molecular flexibility index (Phi) is 7.60. The summed E-state index contributed by atoms with van der Waals surface area (Å²) < 4.78 is 46.3. The number of imidazole rings is 1. The fourth-order valence-electron chi connectivity index (χ4n) is 3.94. The van der Waals surface area contributed by atoms with Crippen LogP contribution in [0, 0.1) is 0 Å². The lowest BCUT2D eigenvalue weighted by Crippen LogP contribution is -2.43. The first-order valence-electron chi connectivity index (χ1n) is 10.8. The van der Waals surface area contributed by atoms with E-state index in [0.717, 1.165) is 28.5 Å². The number of nitrogens with one attached hydrogen (secondary N) is 1. The van der Waals surface area contributed by atoms with Gasteiger partial charge in [-0.3, -0.25) is 14.3 Å². The summed E-state index contributed by atoms with van der Waals surface area (Å²) in [5, 5.41) is 3.80. The quantitative estimate of drug-likeness (QED) is 0.497. The molecule has 2 heterocycles. The van der Waals surface area contributed by atoms with Crippen LogP contribution in [0.3, 0.4) is 0 Å². The Morgan fingerprint density at radius 3 is 2.41 bits per heavy atom. The minimum atomic E-state index is -4.39. The number of aromatic nitrogens is 2. The maximum Gasteiger partial charge on any atom is 0.416 e. The van der Waals surface area contributed by atoms with E-state index in [1.54, 1.807) is 18.3 Å². The van der Waals surface area contributed by atoms with Crippen LogP contribution in [0.2, 0.25) is 0 Å². The number of nitrogens with zero attached hydrogens (tertiary/aromatic N) is 3. The number of rotatable bonds is 7. The molecule has 0 saturated carbocycles. The number of halogens is 3. The van der Waals surface area contributed by atoms with Crippen molar-refractivity contribution in [2.75, 3.05) is 39.1 Å². The van der Waals surface area contributed by atoms with Crippen LogP contribution in [0.4, 0.5) is 13.2 Å². The zero-order valence-corrected chi connectivity index (χ0v) is 19.4. The highest BCUT2D eigenvalue weighted by Crippen LogP contribution is 2.31. The van der Waals surface area contributed by atoms with Crippen molar-refractivity contribution >= 4 is 17.7 Å². The Labute approximate surface area is 200 Å². The highest BCUT2D eigenvalue weighted by molar-refractivity contribution is 7.98. The largest absolute Gasteiger partial charge is 0.416 e. The van der Waals surface area contributed by atoms with E-state index in [1.807, 2.05) is 29.2 Å². The fourth-order valence-corrected chi connectivity index (χ4v) is 4.47. The van der Waals surface area contributed by atoms with Crippen molar-refractivity contribution in [1.82, 2.24) is 19.8 Å². The molecule has 0 spiro atoms. The number of carbonyl (C=O) groups is 1. The SMILES string of the molecule is CSc1nccn1-c1ccc(C(=O)NCC(c2ccc(C(F)(F)F)cc2)N2CCOCC2)cc1. The van der Waals surface area contributed by atoms with Crippen LogP contribution in [-0.4, -0.2) is 59.5 Å². The molecule has 34 heavy (non-hydrogen) atoms. The van der Waals surface area contributed by atoms with Gasteiger partial charge in [0, 0.05) is 43.3 Å². The van der Waals surface area contributed by atoms with E-state index < -0.39 is 11.7 Å². The lowest BCUT2D eigenvalue weighted by atomic mass is 10.0. The number of benzene rings is 2. The van der Waals surface area contributed by atoms with Gasteiger partial charge in [-0.1, -0.05) is 23.9 Å². The molecule has 1 aliphatic rings. The van der Waals surface area contributed by atoms with Crippen molar-refractivity contribution < 1.29 is 22.7 Å². The standard InChI is InChI=1S/C24H25F3N4O2S/c1-34-23-28-10-11-31(23)20-8-4-18(5-9-20)22(32)29-16-21(30-12-14-33-15-13-30)17-2-6-19(7-3-17)24(25,26)27/h2-11,21H,12-16H2,1H3,(H,29,32). The first-order valence-corrected chi connectivity index (χ1v) is 12.0. The normalized spacial score (nSPS) is 15.8. The van der Waals surface area contributed by atoms with Gasteiger partial charge in [-0.2, -0.15) is 13.2 Å². The van der Waals surface area contributed by atoms with Crippen molar-refractivity contribution in [3.05, 3.63) is 77.6 Å². The molecule has 0 radical (unpaired) electrons. The van der Waals surface area contributed by atoms with Crippen molar-refractivity contribution in [3.63, 3.8) is 0 Å². The van der Waals surface area contributed by atoms with Crippen LogP contribution in [-0.2, 0) is 10.9 Å². The third-order valence-corrected chi connectivity index (χ3v) is 6.43. The molecule has 1 saturated heterocycles. The molecule has 0 bridgehead atoms. The van der Waals surface area contributed by atoms with E-state index in [4.69, 9.17) is 4.74 Å². The second-order valence-corrected chi connectivity index (χ2v) is 8.60. The number of ether oxygens (including phenoxy) is 1. The molecule has 0 aliphatic carbocycles. The molecule has 4 rings (SSSR count). The zero-order valence-electron chi connectivity index (χ0n) is 18.6. The molecule has 1 atom stereocenters. The molecule has 1 aliphatic heterocycles. The Morgan fingerprint density at radius 2 is 1.79 bits per heavy atom. The van der Waals surface area contributed by atoms with Crippen molar-refractivity contribution in [2.24, 2.45) is 0 Å². The van der Waals surface area contributed by atoms with Gasteiger partial charge in [-0.25, -0.2) is 4.98 Å². The Bertz CT molecular complexity index is 1090. The molecule has 10 heteroatoms. The average Bonchev–Trinajstić information content (AvgIpc) is 3.33.